The molecule has 1 N–H and O–H groups in total. The van der Waals surface area contributed by atoms with Gasteiger partial charge in [-0.1, -0.05) is 0 Å². The highest BCUT2D eigenvalue weighted by molar-refractivity contribution is 5.52. The van der Waals surface area contributed by atoms with Crippen LogP contribution in [-0.2, 0) is 4.79 Å². The third-order valence-corrected chi connectivity index (χ3v) is 4.90. The molecule has 2 heterocycles. The molecule has 0 aliphatic carbocycles. The summed E-state index contributed by atoms with van der Waals surface area (Å²) in [7, 11) is 1.00. The van der Waals surface area contributed by atoms with Crippen LogP contribution in [0.4, 0.5) is 14.5 Å². The van der Waals surface area contributed by atoms with Gasteiger partial charge in [-0.3, -0.25) is 4.90 Å². The van der Waals surface area contributed by atoms with Gasteiger partial charge in [0, 0.05) is 32.0 Å². The summed E-state index contributed by atoms with van der Waals surface area (Å²) in [5.41, 5.74) is 0.877. The lowest BCUT2D eigenvalue weighted by atomic mass is 9.78. The van der Waals surface area contributed by atoms with E-state index in [2.05, 4.69) is 9.80 Å². The van der Waals surface area contributed by atoms with Gasteiger partial charge in [-0.25, -0.2) is 8.78 Å². The van der Waals surface area contributed by atoms with Gasteiger partial charge >= 0.3 is 0 Å². The summed E-state index contributed by atoms with van der Waals surface area (Å²) in [6.45, 7) is 4.07. The van der Waals surface area contributed by atoms with Crippen molar-refractivity contribution in [1.82, 2.24) is 4.90 Å². The highest BCUT2D eigenvalue weighted by Crippen LogP contribution is 2.41. The van der Waals surface area contributed by atoms with E-state index in [0.29, 0.717) is 12.2 Å². The maximum absolute atomic E-state index is 13.3. The molecule has 6 heteroatoms. The van der Waals surface area contributed by atoms with Crippen LogP contribution in [0.5, 0.6) is 0 Å². The summed E-state index contributed by atoms with van der Waals surface area (Å²) in [5.74, 6) is -1.04. The molecule has 1 aromatic carbocycles. The van der Waals surface area contributed by atoms with Crippen LogP contribution in [0.3, 0.4) is 0 Å². The van der Waals surface area contributed by atoms with Crippen LogP contribution in [-0.4, -0.2) is 56.1 Å². The molecule has 23 heavy (non-hydrogen) atoms. The van der Waals surface area contributed by atoms with Gasteiger partial charge in [0.05, 0.1) is 6.54 Å². The number of aliphatic hydroxyl groups is 1. The maximum atomic E-state index is 13.3. The molecular weight excluding hydrogens is 302 g/mol. The molecule has 2 fully saturated rings. The monoisotopic (exact) mass is 326 g/mol. The Morgan fingerprint density at radius 2 is 1.65 bits per heavy atom. The van der Waals surface area contributed by atoms with Crippen molar-refractivity contribution in [3.05, 3.63) is 29.8 Å². The molecule has 0 aromatic heterocycles. The Bertz CT molecular complexity index is 511. The van der Waals surface area contributed by atoms with Crippen LogP contribution in [0.25, 0.3) is 0 Å². The molecule has 1 spiro atoms. The summed E-state index contributed by atoms with van der Waals surface area (Å²) in [4.78, 5) is 14.8. The molecule has 128 valence electrons. The summed E-state index contributed by atoms with van der Waals surface area (Å²) in [6.07, 6.45) is 4.11. The molecule has 0 saturated carbocycles. The predicted octanol–water partition coefficient (Wildman–Crippen LogP) is 2.06. The van der Waals surface area contributed by atoms with Crippen molar-refractivity contribution in [2.75, 3.05) is 44.7 Å². The summed E-state index contributed by atoms with van der Waals surface area (Å²) in [5, 5.41) is 7.00. The SMILES string of the molecule is CO.O=CCN1CCC2(CC1)CCN(c1cc(F)cc(F)c1)C2. The zero-order chi connectivity index (χ0) is 16.9. The minimum Gasteiger partial charge on any atom is -0.400 e. The van der Waals surface area contributed by atoms with Crippen molar-refractivity contribution in [2.24, 2.45) is 5.41 Å². The molecule has 2 aliphatic rings. The Balaban J connectivity index is 0.000000924. The summed E-state index contributed by atoms with van der Waals surface area (Å²) >= 11 is 0. The molecule has 1 aromatic rings. The van der Waals surface area contributed by atoms with Gasteiger partial charge < -0.3 is 14.8 Å². The van der Waals surface area contributed by atoms with Crippen molar-refractivity contribution in [1.29, 1.82) is 0 Å². The number of aliphatic hydroxyl groups excluding tert-OH is 1. The number of carbonyl (C=O) groups excluding carboxylic acids is 1. The zero-order valence-electron chi connectivity index (χ0n) is 13.5. The number of aldehydes is 1. The predicted molar refractivity (Wildman–Crippen MR) is 85.5 cm³/mol. The first-order valence-electron chi connectivity index (χ1n) is 7.92. The number of halogens is 2. The molecule has 0 amide bonds. The first-order valence-corrected chi connectivity index (χ1v) is 7.92. The van der Waals surface area contributed by atoms with Gasteiger partial charge in [0.25, 0.3) is 0 Å². The first-order chi connectivity index (χ1) is 11.1. The number of hydrogen-bond acceptors (Lipinski definition) is 4. The number of benzene rings is 1. The Morgan fingerprint density at radius 1 is 1.09 bits per heavy atom. The van der Waals surface area contributed by atoms with Crippen LogP contribution in [0.1, 0.15) is 19.3 Å². The third-order valence-electron chi connectivity index (χ3n) is 4.90. The van der Waals surface area contributed by atoms with Crippen LogP contribution in [0.15, 0.2) is 18.2 Å². The number of carbonyl (C=O) groups is 1. The molecular formula is C17H24F2N2O2. The Labute approximate surface area is 135 Å². The van der Waals surface area contributed by atoms with E-state index in [1.165, 1.54) is 12.1 Å². The summed E-state index contributed by atoms with van der Waals surface area (Å²) < 4.78 is 26.7. The van der Waals surface area contributed by atoms with E-state index in [1.807, 2.05) is 0 Å². The van der Waals surface area contributed by atoms with Crippen LogP contribution < -0.4 is 4.90 Å². The molecule has 2 aliphatic heterocycles. The summed E-state index contributed by atoms with van der Waals surface area (Å²) in [6, 6.07) is 3.72. The van der Waals surface area contributed by atoms with Gasteiger partial charge in [-0.2, -0.15) is 0 Å². The fourth-order valence-corrected chi connectivity index (χ4v) is 3.60. The maximum Gasteiger partial charge on any atom is 0.133 e. The van der Waals surface area contributed by atoms with E-state index < -0.39 is 11.6 Å². The average molecular weight is 326 g/mol. The number of hydrogen-bond donors (Lipinski definition) is 1. The van der Waals surface area contributed by atoms with Crippen LogP contribution >= 0.6 is 0 Å². The van der Waals surface area contributed by atoms with Gasteiger partial charge in [-0.05, 0) is 49.9 Å². The standard InChI is InChI=1S/C16H20F2N2O.CH4O/c17-13-9-14(18)11-15(10-13)20-6-3-16(12-20)1-4-19(5-2-16)7-8-21;1-2/h8-11H,1-7,12H2;2H,1H3. The molecule has 3 rings (SSSR count). The lowest BCUT2D eigenvalue weighted by molar-refractivity contribution is -0.109. The highest BCUT2D eigenvalue weighted by atomic mass is 19.1. The quantitative estimate of drug-likeness (QED) is 0.864. The molecule has 4 nitrogen and oxygen atoms in total. The van der Waals surface area contributed by atoms with E-state index in [0.717, 1.165) is 64.9 Å². The van der Waals surface area contributed by atoms with E-state index >= 15 is 0 Å². The highest BCUT2D eigenvalue weighted by Gasteiger charge is 2.40. The van der Waals surface area contributed by atoms with Crippen molar-refractivity contribution in [3.8, 4) is 0 Å². The molecule has 2 saturated heterocycles. The zero-order valence-corrected chi connectivity index (χ0v) is 13.5. The van der Waals surface area contributed by atoms with Crippen molar-refractivity contribution in [3.63, 3.8) is 0 Å². The third kappa shape index (κ3) is 4.26. The fraction of sp³-hybridized carbons (Fsp3) is 0.588. The van der Waals surface area contributed by atoms with Gasteiger partial charge in [0.15, 0.2) is 0 Å². The van der Waals surface area contributed by atoms with Crippen LogP contribution in [0.2, 0.25) is 0 Å². The number of anilines is 1. The lowest BCUT2D eigenvalue weighted by Gasteiger charge is -2.38. The first kappa shape index (κ1) is 17.8. The Hall–Kier alpha value is -1.53. The number of rotatable bonds is 3. The normalized spacial score (nSPS) is 20.3. The average Bonchev–Trinajstić information content (AvgIpc) is 2.95. The molecule has 0 radical (unpaired) electrons. The van der Waals surface area contributed by atoms with E-state index in [4.69, 9.17) is 5.11 Å². The number of likely N-dealkylation sites (tertiary alicyclic amines) is 1. The topological polar surface area (TPSA) is 43.8 Å². The van der Waals surface area contributed by atoms with Gasteiger partial charge in [0.1, 0.15) is 17.9 Å². The van der Waals surface area contributed by atoms with E-state index in [9.17, 15) is 13.6 Å². The lowest BCUT2D eigenvalue weighted by Crippen LogP contribution is -2.42. The minimum absolute atomic E-state index is 0.238. The number of piperidine rings is 1. The van der Waals surface area contributed by atoms with Gasteiger partial charge in [0.2, 0.25) is 0 Å². The molecule has 0 atom stereocenters. The Morgan fingerprint density at radius 3 is 2.22 bits per heavy atom. The molecule has 0 unspecified atom stereocenters. The van der Waals surface area contributed by atoms with E-state index in [1.54, 1.807) is 0 Å². The second-order valence-electron chi connectivity index (χ2n) is 6.27. The second kappa shape index (κ2) is 7.84. The van der Waals surface area contributed by atoms with Crippen molar-refractivity contribution in [2.45, 2.75) is 19.3 Å². The van der Waals surface area contributed by atoms with Crippen molar-refractivity contribution < 1.29 is 18.7 Å². The minimum atomic E-state index is -0.522. The van der Waals surface area contributed by atoms with E-state index in [-0.39, 0.29) is 5.41 Å². The Kier molecular flexibility index (Phi) is 6.07. The number of nitrogens with zero attached hydrogens (tertiary/aromatic N) is 2. The molecule has 0 bridgehead atoms. The fourth-order valence-electron chi connectivity index (χ4n) is 3.60. The smallest absolute Gasteiger partial charge is 0.133 e. The second-order valence-corrected chi connectivity index (χ2v) is 6.27. The van der Waals surface area contributed by atoms with Gasteiger partial charge in [-0.15, -0.1) is 0 Å². The largest absolute Gasteiger partial charge is 0.400 e. The van der Waals surface area contributed by atoms with Crippen molar-refractivity contribution >= 4 is 12.0 Å². The van der Waals surface area contributed by atoms with Crippen LogP contribution in [0, 0.1) is 17.0 Å².